The zero-order valence-electron chi connectivity index (χ0n) is 22.9. The Morgan fingerprint density at radius 2 is 1.82 bits per heavy atom. The lowest BCUT2D eigenvalue weighted by Gasteiger charge is -2.25. The molecule has 9 nitrogen and oxygen atoms in total. The highest BCUT2D eigenvalue weighted by Crippen LogP contribution is 2.31. The van der Waals surface area contributed by atoms with Crippen molar-refractivity contribution in [2.75, 3.05) is 23.8 Å². The lowest BCUT2D eigenvalue weighted by atomic mass is 10.1. The van der Waals surface area contributed by atoms with E-state index in [2.05, 4.69) is 65.9 Å². The zero-order valence-corrected chi connectivity index (χ0v) is 23.7. The van der Waals surface area contributed by atoms with Crippen LogP contribution in [0.15, 0.2) is 64.0 Å². The smallest absolute Gasteiger partial charge is 0.264 e. The van der Waals surface area contributed by atoms with Crippen LogP contribution in [0.25, 0.3) is 17.0 Å². The first kappa shape index (κ1) is 28.9. The van der Waals surface area contributed by atoms with Gasteiger partial charge in [0.05, 0.1) is 16.3 Å². The third-order valence-electron chi connectivity index (χ3n) is 5.81. The van der Waals surface area contributed by atoms with Gasteiger partial charge in [-0.15, -0.1) is 0 Å². The summed E-state index contributed by atoms with van der Waals surface area (Å²) in [5.74, 6) is 0.642. The van der Waals surface area contributed by atoms with E-state index in [9.17, 15) is 13.2 Å². The minimum atomic E-state index is -3.92. The van der Waals surface area contributed by atoms with Crippen molar-refractivity contribution < 1.29 is 17.7 Å². The van der Waals surface area contributed by atoms with Crippen LogP contribution in [-0.4, -0.2) is 44.1 Å². The maximum atomic E-state index is 12.3. The fourth-order valence-corrected chi connectivity index (χ4v) is 4.71. The Hall–Kier alpha value is -3.66. The van der Waals surface area contributed by atoms with Crippen molar-refractivity contribution in [3.05, 3.63) is 60.5 Å². The van der Waals surface area contributed by atoms with E-state index in [1.54, 1.807) is 31.2 Å². The molecule has 1 aromatic heterocycles. The van der Waals surface area contributed by atoms with Crippen molar-refractivity contribution in [1.82, 2.24) is 14.9 Å². The third-order valence-corrected chi connectivity index (χ3v) is 7.20. The van der Waals surface area contributed by atoms with E-state index in [4.69, 9.17) is 4.52 Å². The summed E-state index contributed by atoms with van der Waals surface area (Å²) >= 11 is 0. The first-order chi connectivity index (χ1) is 18.0. The van der Waals surface area contributed by atoms with Gasteiger partial charge in [-0.05, 0) is 63.4 Å². The Balaban J connectivity index is 1.73. The number of rotatable bonds is 12. The van der Waals surface area contributed by atoms with Gasteiger partial charge >= 0.3 is 0 Å². The van der Waals surface area contributed by atoms with Gasteiger partial charge in [0.2, 0.25) is 11.7 Å². The molecule has 0 unspecified atom stereocenters. The second-order valence-electron chi connectivity index (χ2n) is 9.99. The predicted octanol–water partition coefficient (Wildman–Crippen LogP) is 5.34. The molecule has 3 aromatic rings. The van der Waals surface area contributed by atoms with Crippen molar-refractivity contribution >= 4 is 32.9 Å². The van der Waals surface area contributed by atoms with Crippen molar-refractivity contribution in [3.63, 3.8) is 0 Å². The van der Waals surface area contributed by atoms with Gasteiger partial charge in [-0.25, -0.2) is 13.1 Å². The molecule has 2 aromatic carbocycles. The topological polar surface area (TPSA) is 117 Å². The highest BCUT2D eigenvalue weighted by Gasteiger charge is 2.18. The van der Waals surface area contributed by atoms with Gasteiger partial charge < -0.3 is 14.7 Å². The first-order valence-corrected chi connectivity index (χ1v) is 14.2. The normalized spacial score (nSPS) is 12.2. The molecule has 0 aliphatic carbocycles. The van der Waals surface area contributed by atoms with Gasteiger partial charge in [-0.1, -0.05) is 43.3 Å². The van der Waals surface area contributed by atoms with Crippen LogP contribution in [0.1, 0.15) is 53.4 Å². The number of nitrogens with zero attached hydrogens (tertiary/aromatic N) is 3. The summed E-state index contributed by atoms with van der Waals surface area (Å²) in [5.41, 5.74) is 3.45. The summed E-state index contributed by atoms with van der Waals surface area (Å²) in [7, 11) is -1.84. The highest BCUT2D eigenvalue weighted by molar-refractivity contribution is 7.90. The average Bonchev–Trinajstić information content (AvgIpc) is 3.36. The number of amides is 1. The Kier molecular flexibility index (Phi) is 9.68. The zero-order chi connectivity index (χ0) is 27.9. The van der Waals surface area contributed by atoms with E-state index >= 15 is 0 Å². The fourth-order valence-electron chi connectivity index (χ4n) is 3.69. The second kappa shape index (κ2) is 12.7. The monoisotopic (exact) mass is 539 g/mol. The van der Waals surface area contributed by atoms with Gasteiger partial charge in [0.25, 0.3) is 15.9 Å². The fraction of sp³-hybridized carbons (Fsp3) is 0.393. The number of allylic oxidation sites excluding steroid dienone is 1. The molecule has 0 saturated heterocycles. The molecule has 0 saturated carbocycles. The van der Waals surface area contributed by atoms with E-state index in [1.165, 1.54) is 12.1 Å². The molecule has 3 rings (SSSR count). The van der Waals surface area contributed by atoms with Gasteiger partial charge in [-0.2, -0.15) is 4.98 Å². The summed E-state index contributed by atoms with van der Waals surface area (Å²) in [5, 5.41) is 7.64. The van der Waals surface area contributed by atoms with E-state index in [0.717, 1.165) is 29.9 Å². The Bertz CT molecular complexity index is 1360. The van der Waals surface area contributed by atoms with Crippen molar-refractivity contribution in [3.8, 4) is 11.4 Å². The number of aromatic nitrogens is 2. The standard InChI is InChI=1S/C28H37N5O4S/c1-19(2)16-17-33(6)25-14-13-22(18-24(25)29-20(3)4)27-30-28(37-31-27)21(5)12-15-26(34)32-38(35,36)23-10-8-7-9-11-23/h7-14,18-20,29H,15-17H2,1-6H3,(H,32,34)/b21-12+. The Morgan fingerprint density at radius 1 is 1.11 bits per heavy atom. The van der Waals surface area contributed by atoms with Crippen LogP contribution in [0, 0.1) is 5.92 Å². The van der Waals surface area contributed by atoms with E-state index in [-0.39, 0.29) is 23.2 Å². The summed E-state index contributed by atoms with van der Waals surface area (Å²) < 4.78 is 32.2. The van der Waals surface area contributed by atoms with Crippen molar-refractivity contribution in [2.45, 2.75) is 58.4 Å². The van der Waals surface area contributed by atoms with Crippen LogP contribution in [0.4, 0.5) is 11.4 Å². The van der Waals surface area contributed by atoms with Crippen LogP contribution < -0.4 is 14.9 Å². The van der Waals surface area contributed by atoms with Crippen LogP contribution >= 0.6 is 0 Å². The Labute approximate surface area is 225 Å². The van der Waals surface area contributed by atoms with Crippen molar-refractivity contribution in [2.24, 2.45) is 5.92 Å². The molecule has 1 amide bonds. The Morgan fingerprint density at radius 3 is 2.47 bits per heavy atom. The molecule has 1 heterocycles. The van der Waals surface area contributed by atoms with Crippen LogP contribution in [0.2, 0.25) is 0 Å². The van der Waals surface area contributed by atoms with E-state index in [0.29, 0.717) is 17.3 Å². The third kappa shape index (κ3) is 7.92. The molecule has 38 heavy (non-hydrogen) atoms. The molecule has 0 atom stereocenters. The molecule has 0 aliphatic heterocycles. The number of nitrogens with one attached hydrogen (secondary N) is 2. The largest absolute Gasteiger partial charge is 0.381 e. The number of sulfonamides is 1. The van der Waals surface area contributed by atoms with Gasteiger partial charge in [-0.3, -0.25) is 4.79 Å². The molecule has 0 radical (unpaired) electrons. The number of hydrogen-bond donors (Lipinski definition) is 2. The quantitative estimate of drug-likeness (QED) is 0.317. The van der Waals surface area contributed by atoms with Crippen molar-refractivity contribution in [1.29, 1.82) is 0 Å². The summed E-state index contributed by atoms with van der Waals surface area (Å²) in [6.07, 6.45) is 2.50. The molecule has 0 fully saturated rings. The second-order valence-corrected chi connectivity index (χ2v) is 11.7. The minimum absolute atomic E-state index is 0.0269. The number of anilines is 2. The van der Waals surface area contributed by atoms with Gasteiger partial charge in [0.1, 0.15) is 0 Å². The molecule has 0 spiro atoms. The first-order valence-electron chi connectivity index (χ1n) is 12.7. The van der Waals surface area contributed by atoms with Gasteiger partial charge in [0, 0.05) is 37.2 Å². The molecule has 204 valence electrons. The SMILES string of the molecule is C/C(=C\CC(=O)NS(=O)(=O)c1ccccc1)c1nc(-c2ccc(N(C)CCC(C)C)c(NC(C)C)c2)no1. The molecule has 10 heteroatoms. The number of hydrogen-bond acceptors (Lipinski definition) is 8. The van der Waals surface area contributed by atoms with Crippen LogP contribution in [0.3, 0.4) is 0 Å². The van der Waals surface area contributed by atoms with Gasteiger partial charge in [0.15, 0.2) is 0 Å². The molecule has 0 aliphatic rings. The van der Waals surface area contributed by atoms with Crippen LogP contribution in [0.5, 0.6) is 0 Å². The lowest BCUT2D eigenvalue weighted by molar-refractivity contribution is -0.118. The minimum Gasteiger partial charge on any atom is -0.381 e. The highest BCUT2D eigenvalue weighted by atomic mass is 32.2. The maximum absolute atomic E-state index is 12.3. The summed E-state index contributed by atoms with van der Waals surface area (Å²) in [6, 6.07) is 14.0. The van der Waals surface area contributed by atoms with Crippen LogP contribution in [-0.2, 0) is 14.8 Å². The number of benzene rings is 2. The molecular formula is C28H37N5O4S. The summed E-state index contributed by atoms with van der Waals surface area (Å²) in [6.45, 7) is 11.3. The molecular weight excluding hydrogens is 502 g/mol. The lowest BCUT2D eigenvalue weighted by Crippen LogP contribution is -2.29. The molecule has 2 N–H and O–H groups in total. The molecule has 0 bridgehead atoms. The maximum Gasteiger partial charge on any atom is 0.264 e. The van der Waals surface area contributed by atoms with E-state index in [1.807, 2.05) is 12.1 Å². The number of carbonyl (C=O) groups is 1. The number of carbonyl (C=O) groups excluding carboxylic acids is 1. The average molecular weight is 540 g/mol. The summed E-state index contributed by atoms with van der Waals surface area (Å²) in [4.78, 5) is 19.0. The van der Waals surface area contributed by atoms with E-state index < -0.39 is 15.9 Å². The predicted molar refractivity (Wildman–Crippen MR) is 151 cm³/mol.